The minimum Gasteiger partial charge on any atom is -0.496 e. The van der Waals surface area contributed by atoms with Gasteiger partial charge >= 0.3 is 5.97 Å². The van der Waals surface area contributed by atoms with Crippen molar-refractivity contribution < 1.29 is 19.1 Å². The first kappa shape index (κ1) is 18.8. The number of thiazole rings is 1. The van der Waals surface area contributed by atoms with Crippen molar-refractivity contribution in [3.63, 3.8) is 0 Å². The van der Waals surface area contributed by atoms with E-state index in [9.17, 15) is 9.59 Å². The lowest BCUT2D eigenvalue weighted by atomic mass is 10.1. The fourth-order valence-electron chi connectivity index (χ4n) is 2.67. The van der Waals surface area contributed by atoms with Crippen molar-refractivity contribution in [3.05, 3.63) is 58.6 Å². The molecule has 0 bridgehead atoms. The molecule has 1 N–H and O–H groups in total. The number of methoxy groups -OCH3 is 2. The summed E-state index contributed by atoms with van der Waals surface area (Å²) in [6, 6.07) is 13.1. The minimum atomic E-state index is -0.476. The molecule has 0 unspecified atom stereocenters. The third-order valence-electron chi connectivity index (χ3n) is 4.06. The molecule has 0 aliphatic heterocycles. The molecule has 3 aromatic rings. The van der Waals surface area contributed by atoms with Crippen LogP contribution in [-0.4, -0.2) is 31.1 Å². The molecule has 0 aliphatic carbocycles. The zero-order valence-corrected chi connectivity index (χ0v) is 16.0. The molecule has 7 heteroatoms. The Balaban J connectivity index is 1.56. The second-order valence-corrected chi connectivity index (χ2v) is 6.99. The van der Waals surface area contributed by atoms with Crippen LogP contribution in [0.25, 0.3) is 10.2 Å². The number of aromatic nitrogens is 1. The number of para-hydroxylation sites is 1. The first-order valence-corrected chi connectivity index (χ1v) is 9.28. The summed E-state index contributed by atoms with van der Waals surface area (Å²) in [5, 5.41) is 3.82. The molecule has 0 radical (unpaired) electrons. The second-order valence-electron chi connectivity index (χ2n) is 5.88. The average molecular weight is 384 g/mol. The summed E-state index contributed by atoms with van der Waals surface area (Å²) >= 11 is 1.61. The van der Waals surface area contributed by atoms with Gasteiger partial charge in [-0.1, -0.05) is 18.2 Å². The van der Waals surface area contributed by atoms with Gasteiger partial charge in [-0.15, -0.1) is 11.3 Å². The van der Waals surface area contributed by atoms with Crippen LogP contribution in [0.2, 0.25) is 0 Å². The van der Waals surface area contributed by atoms with E-state index >= 15 is 0 Å². The molecule has 0 atom stereocenters. The van der Waals surface area contributed by atoms with E-state index in [1.807, 2.05) is 24.3 Å². The summed E-state index contributed by atoms with van der Waals surface area (Å²) in [5.41, 5.74) is 2.09. The highest BCUT2D eigenvalue weighted by Crippen LogP contribution is 2.23. The van der Waals surface area contributed by atoms with Gasteiger partial charge in [-0.05, 0) is 29.8 Å². The summed E-state index contributed by atoms with van der Waals surface area (Å²) in [6.07, 6.45) is 0.959. The van der Waals surface area contributed by atoms with Gasteiger partial charge in [0.15, 0.2) is 0 Å². The summed E-state index contributed by atoms with van der Waals surface area (Å²) in [5.74, 6) is -0.103. The molecule has 0 fully saturated rings. The number of amides is 1. The number of rotatable bonds is 7. The van der Waals surface area contributed by atoms with Crippen LogP contribution in [-0.2, 0) is 22.5 Å². The standard InChI is InChI=1S/C20H20N2O4S/c1-25-16-8-7-13(11-14(16)20(24)26-2)12-21-18(23)9-10-19-22-15-5-3-4-6-17(15)27-19/h3-8,11H,9-10,12H2,1-2H3,(H,21,23). The number of nitrogens with zero attached hydrogens (tertiary/aromatic N) is 1. The molecule has 0 spiro atoms. The van der Waals surface area contributed by atoms with Gasteiger partial charge < -0.3 is 14.8 Å². The number of aryl methyl sites for hydroxylation is 1. The lowest BCUT2D eigenvalue weighted by Crippen LogP contribution is -2.23. The van der Waals surface area contributed by atoms with E-state index in [0.29, 0.717) is 30.7 Å². The van der Waals surface area contributed by atoms with E-state index in [0.717, 1.165) is 20.8 Å². The lowest BCUT2D eigenvalue weighted by molar-refractivity contribution is -0.121. The molecular weight excluding hydrogens is 364 g/mol. The molecule has 0 saturated carbocycles. The Bertz CT molecular complexity index is 935. The van der Waals surface area contributed by atoms with Crippen LogP contribution < -0.4 is 10.1 Å². The number of esters is 1. The first-order chi connectivity index (χ1) is 13.1. The van der Waals surface area contributed by atoms with Crippen LogP contribution in [0.5, 0.6) is 5.75 Å². The van der Waals surface area contributed by atoms with E-state index in [2.05, 4.69) is 10.3 Å². The molecule has 1 heterocycles. The smallest absolute Gasteiger partial charge is 0.341 e. The predicted octanol–water partition coefficient (Wildman–Crippen LogP) is 3.34. The Morgan fingerprint density at radius 1 is 1.15 bits per heavy atom. The average Bonchev–Trinajstić information content (AvgIpc) is 3.13. The number of hydrogen-bond donors (Lipinski definition) is 1. The van der Waals surface area contributed by atoms with E-state index in [1.54, 1.807) is 29.5 Å². The van der Waals surface area contributed by atoms with Crippen LogP contribution in [0.15, 0.2) is 42.5 Å². The zero-order valence-electron chi connectivity index (χ0n) is 15.2. The molecule has 6 nitrogen and oxygen atoms in total. The monoisotopic (exact) mass is 384 g/mol. The van der Waals surface area contributed by atoms with E-state index in [-0.39, 0.29) is 5.91 Å². The molecule has 1 aromatic heterocycles. The van der Waals surface area contributed by atoms with Gasteiger partial charge in [-0.3, -0.25) is 4.79 Å². The van der Waals surface area contributed by atoms with Gasteiger partial charge in [-0.2, -0.15) is 0 Å². The first-order valence-electron chi connectivity index (χ1n) is 8.47. The summed E-state index contributed by atoms with van der Waals surface area (Å²) in [4.78, 5) is 28.5. The lowest BCUT2D eigenvalue weighted by Gasteiger charge is -2.10. The van der Waals surface area contributed by atoms with Crippen molar-refractivity contribution in [2.45, 2.75) is 19.4 Å². The summed E-state index contributed by atoms with van der Waals surface area (Å²) < 4.78 is 11.1. The van der Waals surface area contributed by atoms with Crippen LogP contribution in [0, 0.1) is 0 Å². The molecule has 27 heavy (non-hydrogen) atoms. The Morgan fingerprint density at radius 3 is 2.70 bits per heavy atom. The Morgan fingerprint density at radius 2 is 1.96 bits per heavy atom. The van der Waals surface area contributed by atoms with Crippen LogP contribution in [0.1, 0.15) is 27.3 Å². The number of fused-ring (bicyclic) bond motifs is 1. The maximum absolute atomic E-state index is 12.2. The molecule has 0 aliphatic rings. The topological polar surface area (TPSA) is 77.5 Å². The predicted molar refractivity (Wildman–Crippen MR) is 104 cm³/mol. The largest absolute Gasteiger partial charge is 0.496 e. The Kier molecular flexibility index (Phi) is 6.03. The Hall–Kier alpha value is -2.93. The highest BCUT2D eigenvalue weighted by Gasteiger charge is 2.14. The van der Waals surface area contributed by atoms with Gasteiger partial charge in [0.05, 0.1) is 29.4 Å². The Labute approximate surface area is 161 Å². The normalized spacial score (nSPS) is 10.6. The minimum absolute atomic E-state index is 0.0651. The number of nitrogens with one attached hydrogen (secondary N) is 1. The number of carbonyl (C=O) groups excluding carboxylic acids is 2. The number of carbonyl (C=O) groups is 2. The van der Waals surface area contributed by atoms with Gasteiger partial charge in [-0.25, -0.2) is 9.78 Å². The zero-order chi connectivity index (χ0) is 19.2. The third-order valence-corrected chi connectivity index (χ3v) is 5.16. The van der Waals surface area contributed by atoms with E-state index in [1.165, 1.54) is 14.2 Å². The highest BCUT2D eigenvalue weighted by atomic mass is 32.1. The van der Waals surface area contributed by atoms with Gasteiger partial charge in [0.25, 0.3) is 0 Å². The maximum Gasteiger partial charge on any atom is 0.341 e. The van der Waals surface area contributed by atoms with Crippen molar-refractivity contribution in [2.75, 3.05) is 14.2 Å². The van der Waals surface area contributed by atoms with Crippen molar-refractivity contribution in [1.82, 2.24) is 10.3 Å². The molecule has 3 rings (SSSR count). The fraction of sp³-hybridized carbons (Fsp3) is 0.250. The number of ether oxygens (including phenoxy) is 2. The highest BCUT2D eigenvalue weighted by molar-refractivity contribution is 7.18. The van der Waals surface area contributed by atoms with Crippen molar-refractivity contribution in [3.8, 4) is 5.75 Å². The van der Waals surface area contributed by atoms with Crippen LogP contribution in [0.3, 0.4) is 0 Å². The summed E-state index contributed by atoms with van der Waals surface area (Å²) in [7, 11) is 2.81. The van der Waals surface area contributed by atoms with E-state index < -0.39 is 5.97 Å². The molecule has 2 aromatic carbocycles. The molecule has 1 amide bonds. The van der Waals surface area contributed by atoms with Crippen molar-refractivity contribution in [2.24, 2.45) is 0 Å². The maximum atomic E-state index is 12.2. The third kappa shape index (κ3) is 4.62. The number of benzene rings is 2. The quantitative estimate of drug-likeness (QED) is 0.632. The SMILES string of the molecule is COC(=O)c1cc(CNC(=O)CCc2nc3ccccc3s2)ccc1OC. The number of hydrogen-bond acceptors (Lipinski definition) is 6. The van der Waals surface area contributed by atoms with E-state index in [4.69, 9.17) is 9.47 Å². The van der Waals surface area contributed by atoms with Crippen molar-refractivity contribution in [1.29, 1.82) is 0 Å². The summed E-state index contributed by atoms with van der Waals surface area (Å²) in [6.45, 7) is 0.326. The molecular formula is C20H20N2O4S. The van der Waals surface area contributed by atoms with Gasteiger partial charge in [0.2, 0.25) is 5.91 Å². The van der Waals surface area contributed by atoms with Crippen molar-refractivity contribution >= 4 is 33.4 Å². The van der Waals surface area contributed by atoms with Crippen LogP contribution >= 0.6 is 11.3 Å². The van der Waals surface area contributed by atoms with Gasteiger partial charge in [0, 0.05) is 19.4 Å². The second kappa shape index (κ2) is 8.64. The van der Waals surface area contributed by atoms with Gasteiger partial charge in [0.1, 0.15) is 11.3 Å². The fourth-order valence-corrected chi connectivity index (χ4v) is 3.64. The molecule has 140 valence electrons. The van der Waals surface area contributed by atoms with Crippen LogP contribution in [0.4, 0.5) is 0 Å². The molecule has 0 saturated heterocycles.